The quantitative estimate of drug-likeness (QED) is 0.0143. The Bertz CT molecular complexity index is 2100. The molecule has 0 heterocycles. The Morgan fingerprint density at radius 3 is 0.772 bits per heavy atom. The van der Waals surface area contributed by atoms with E-state index in [0.29, 0.717) is 74.3 Å². The molecule has 0 aliphatic rings. The van der Waals surface area contributed by atoms with E-state index in [1.54, 1.807) is 77.8 Å². The lowest BCUT2D eigenvalue weighted by molar-refractivity contribution is -0.150. The van der Waals surface area contributed by atoms with Gasteiger partial charge in [0.05, 0.1) is 19.8 Å². The average molecular weight is 1430 g/mol. The van der Waals surface area contributed by atoms with Crippen LogP contribution in [0.2, 0.25) is 36.3 Å². The summed E-state index contributed by atoms with van der Waals surface area (Å²) in [5.41, 5.74) is 2.64. The van der Waals surface area contributed by atoms with Gasteiger partial charge in [-0.3, -0.25) is 28.8 Å². The second-order valence-electron chi connectivity index (χ2n) is 21.0. The van der Waals surface area contributed by atoms with Crippen molar-refractivity contribution in [3.05, 3.63) is 74.0 Å². The maximum absolute atomic E-state index is 11.1. The molecular weight excluding hydrogens is 1320 g/mol. The first-order valence-electron chi connectivity index (χ1n) is 28.1. The van der Waals surface area contributed by atoms with Crippen LogP contribution in [0.3, 0.4) is 0 Å². The summed E-state index contributed by atoms with van der Waals surface area (Å²) in [6.07, 6.45) is 3.05. The highest BCUT2D eigenvalue weighted by Crippen LogP contribution is 2.38. The van der Waals surface area contributed by atoms with E-state index < -0.39 is 94.1 Å². The van der Waals surface area contributed by atoms with E-state index in [9.17, 15) is 43.2 Å². The lowest BCUT2D eigenvalue weighted by Gasteiger charge is -2.37. The lowest BCUT2D eigenvalue weighted by Crippen LogP contribution is -2.47. The van der Waals surface area contributed by atoms with Crippen molar-refractivity contribution in [1.82, 2.24) is 0 Å². The van der Waals surface area contributed by atoms with Crippen LogP contribution >= 0.6 is 0 Å². The fourth-order valence-corrected chi connectivity index (χ4v) is 14.9. The van der Waals surface area contributed by atoms with Crippen LogP contribution in [-0.2, 0) is 133 Å². The Balaban J connectivity index is -0.000000241. The van der Waals surface area contributed by atoms with Gasteiger partial charge in [-0.25, -0.2) is 14.4 Å². The largest absolute Gasteiger partial charge is 0.734 e. The highest BCUT2D eigenvalue weighted by molar-refractivity contribution is 6.74. The standard InChI is InChI=1S/C12H26O2Si.2C10H20O5Si.C9H18O5Si.2C8H12O6Si/c1-10(13-11(2,3)4)14-15(8,9)12(5,6)7;2*1-9(2)10(11)15-7-6-8-16(12-3,13-4)14-5;1-5-9(10)14-7-6-8-15(11-2,12-3)13-4;2*1-5-15(12-6(2)9,13-7(3)10)14-8(4)11/h1H2,2-9H3;2*1,6-8H2,2-5H3;5H,1,6-8H2,2-4H3;2*5H,1H2,2-4H3. The maximum Gasteiger partial charge on any atom is 0.734 e. The van der Waals surface area contributed by atoms with Crippen molar-refractivity contribution < 1.29 is 133 Å². The molecule has 35 heteroatoms. The molecule has 0 N–H and O–H groups in total. The summed E-state index contributed by atoms with van der Waals surface area (Å²) in [6, 6.07) is 1.83. The van der Waals surface area contributed by atoms with Crippen LogP contribution in [0.5, 0.6) is 0 Å². The zero-order chi connectivity index (χ0) is 73.6. The summed E-state index contributed by atoms with van der Waals surface area (Å²) in [7, 11) is -2.88. The molecule has 0 amide bonds. The van der Waals surface area contributed by atoms with Gasteiger partial charge in [-0.15, -0.1) is 0 Å². The number of carbonyl (C=O) groups is 9. The van der Waals surface area contributed by atoms with Crippen molar-refractivity contribution in [2.45, 2.75) is 158 Å². The molecule has 0 aromatic heterocycles. The van der Waals surface area contributed by atoms with Crippen LogP contribution in [0.4, 0.5) is 0 Å². The lowest BCUT2D eigenvalue weighted by atomic mass is 10.2. The summed E-state index contributed by atoms with van der Waals surface area (Å²) in [6.45, 7) is 48.5. The number of hydrogen-bond donors (Lipinski definition) is 0. The molecule has 0 aromatic carbocycles. The summed E-state index contributed by atoms with van der Waals surface area (Å²) < 4.78 is 101. The van der Waals surface area contributed by atoms with Gasteiger partial charge in [0.2, 0.25) is 0 Å². The SMILES string of the molecule is C=C(C)C(=O)OCCC[Si](OC)(OC)OC.C=C(C)C(=O)OCCC[Si](OC)(OC)OC.C=C(OC(C)(C)C)O[Si](C)(C)C(C)(C)C.C=CC(=O)OCCC[Si](OC)(OC)OC.C=C[Si](OC(C)=O)(OC(C)=O)OC(C)=O.C=C[Si](OC(C)=O)(OC(C)=O)OC(C)=O. The average Bonchev–Trinajstić information content (AvgIpc) is 0.963. The number of rotatable bonds is 35. The van der Waals surface area contributed by atoms with E-state index in [-0.39, 0.29) is 22.6 Å². The Hall–Kier alpha value is -5.79. The molecule has 0 unspecified atom stereocenters. The zero-order valence-electron chi connectivity index (χ0n) is 59.2. The van der Waals surface area contributed by atoms with Crippen molar-refractivity contribution >= 4 is 106 Å². The third kappa shape index (κ3) is 48.0. The summed E-state index contributed by atoms with van der Waals surface area (Å²) >= 11 is 0. The van der Waals surface area contributed by atoms with Crippen LogP contribution in [0.1, 0.15) is 116 Å². The fraction of sp³-hybridized carbons (Fsp3) is 0.632. The maximum atomic E-state index is 11.1. The van der Waals surface area contributed by atoms with Gasteiger partial charge >= 0.3 is 61.9 Å². The van der Waals surface area contributed by atoms with Gasteiger partial charge in [-0.2, -0.15) is 0 Å². The molecule has 0 rings (SSSR count). The van der Waals surface area contributed by atoms with Crippen LogP contribution < -0.4 is 0 Å². The van der Waals surface area contributed by atoms with Crippen molar-refractivity contribution in [2.75, 3.05) is 83.8 Å². The van der Waals surface area contributed by atoms with Crippen LogP contribution in [0.15, 0.2) is 74.0 Å². The first kappa shape index (κ1) is 97.3. The van der Waals surface area contributed by atoms with E-state index in [4.69, 9.17) is 89.8 Å². The second kappa shape index (κ2) is 49.7. The number of hydrogen-bond acceptors (Lipinski definition) is 29. The number of carbonyl (C=O) groups excluding carboxylic acids is 9. The Labute approximate surface area is 552 Å². The molecule has 0 bridgehead atoms. The highest BCUT2D eigenvalue weighted by Gasteiger charge is 2.50. The van der Waals surface area contributed by atoms with E-state index in [0.717, 1.165) is 59.0 Å². The summed E-state index contributed by atoms with van der Waals surface area (Å²) in [5, 5.41) is 0.178. The predicted molar refractivity (Wildman–Crippen MR) is 352 cm³/mol. The first-order valence-corrected chi connectivity index (χ1v) is 40.4. The van der Waals surface area contributed by atoms with Gasteiger partial charge < -0.3 is 89.8 Å². The molecule has 0 saturated carbocycles. The first-order chi connectivity index (χ1) is 42.1. The fourth-order valence-electron chi connectivity index (χ4n) is 5.72. The molecule has 92 heavy (non-hydrogen) atoms. The number of ether oxygens (including phenoxy) is 4. The van der Waals surface area contributed by atoms with Gasteiger partial charge in [0, 0.05) is 152 Å². The van der Waals surface area contributed by atoms with Gasteiger partial charge in [-0.05, 0) is 78.6 Å². The van der Waals surface area contributed by atoms with Gasteiger partial charge in [0.25, 0.3) is 50.1 Å². The molecule has 0 aliphatic heterocycles. The number of esters is 3. The van der Waals surface area contributed by atoms with E-state index in [1.807, 2.05) is 20.8 Å². The topological polar surface area (TPSA) is 338 Å². The molecule has 0 aromatic rings. The van der Waals surface area contributed by atoms with Crippen molar-refractivity contribution in [2.24, 2.45) is 0 Å². The van der Waals surface area contributed by atoms with Crippen molar-refractivity contribution in [1.29, 1.82) is 0 Å². The van der Waals surface area contributed by atoms with Gasteiger partial charge in [0.15, 0.2) is 0 Å². The molecule has 0 atom stereocenters. The van der Waals surface area contributed by atoms with Gasteiger partial charge in [0.1, 0.15) is 5.60 Å². The predicted octanol–water partition coefficient (Wildman–Crippen LogP) is 8.71. The van der Waals surface area contributed by atoms with E-state index >= 15 is 0 Å². The summed E-state index contributed by atoms with van der Waals surface area (Å²) in [5.74, 6) is -5.03. The minimum absolute atomic E-state index is 0.178. The molecule has 0 fully saturated rings. The van der Waals surface area contributed by atoms with Crippen molar-refractivity contribution in [3.8, 4) is 0 Å². The molecule has 534 valence electrons. The summed E-state index contributed by atoms with van der Waals surface area (Å²) in [4.78, 5) is 97.4. The van der Waals surface area contributed by atoms with Gasteiger partial charge in [-0.1, -0.05) is 53.7 Å². The third-order valence-corrected chi connectivity index (χ3v) is 28.3. The molecule has 0 aliphatic carbocycles. The normalized spacial score (nSPS) is 11.2. The molecule has 0 spiro atoms. The minimum atomic E-state index is -3.74. The van der Waals surface area contributed by atoms with Crippen LogP contribution in [0.25, 0.3) is 0 Å². The Kier molecular flexibility index (Phi) is 52.6. The van der Waals surface area contributed by atoms with E-state index in [1.165, 1.54) is 0 Å². The van der Waals surface area contributed by atoms with Crippen molar-refractivity contribution in [3.63, 3.8) is 0 Å². The monoisotopic (exact) mass is 1420 g/mol. The Morgan fingerprint density at radius 2 is 0.609 bits per heavy atom. The van der Waals surface area contributed by atoms with E-state index in [2.05, 4.69) is 73.3 Å². The molecular formula is C57H108O29Si6. The smallest absolute Gasteiger partial charge is 0.519 e. The molecule has 29 nitrogen and oxygen atoms in total. The van der Waals surface area contributed by atoms with Crippen LogP contribution in [0, 0.1) is 0 Å². The minimum Gasteiger partial charge on any atom is -0.519 e. The zero-order valence-corrected chi connectivity index (χ0v) is 65.2. The highest BCUT2D eigenvalue weighted by atomic mass is 28.4. The Morgan fingerprint density at radius 1 is 0.380 bits per heavy atom. The third-order valence-electron chi connectivity index (χ3n) is 11.1. The molecule has 0 radical (unpaired) electrons. The van der Waals surface area contributed by atoms with Crippen LogP contribution in [-0.4, -0.2) is 195 Å². The molecule has 0 saturated heterocycles. The second-order valence-corrected chi connectivity index (χ2v) is 39.5.